The molecule has 1 fully saturated rings. The fraction of sp³-hybridized carbons (Fsp3) is 0.800. The summed E-state index contributed by atoms with van der Waals surface area (Å²) in [5.41, 5.74) is 3.44. The van der Waals surface area contributed by atoms with Crippen molar-refractivity contribution in [1.29, 1.82) is 0 Å². The van der Waals surface area contributed by atoms with Crippen LogP contribution in [0.5, 0.6) is 0 Å². The molecular weight excluding hydrogens is 469 g/mol. The molecule has 1 heterocycles. The molecule has 0 aliphatic heterocycles. The molecule has 2 rings (SSSR count). The van der Waals surface area contributed by atoms with Crippen LogP contribution in [-0.4, -0.2) is 55.8 Å². The fourth-order valence-electron chi connectivity index (χ4n) is 3.54. The average Bonchev–Trinajstić information content (AvgIpc) is 2.96. The third-order valence-corrected chi connectivity index (χ3v) is 5.21. The van der Waals surface area contributed by atoms with Gasteiger partial charge in [-0.2, -0.15) is 5.10 Å². The van der Waals surface area contributed by atoms with Gasteiger partial charge in [-0.1, -0.05) is 19.3 Å². The Morgan fingerprint density at radius 3 is 2.61 bits per heavy atom. The zero-order chi connectivity index (χ0) is 19.5. The van der Waals surface area contributed by atoms with Crippen molar-refractivity contribution in [2.24, 2.45) is 4.99 Å². The van der Waals surface area contributed by atoms with Crippen LogP contribution in [0.15, 0.2) is 4.99 Å². The largest absolute Gasteiger partial charge is 0.383 e. The van der Waals surface area contributed by atoms with E-state index in [2.05, 4.69) is 27.6 Å². The first kappa shape index (κ1) is 25.2. The summed E-state index contributed by atoms with van der Waals surface area (Å²) in [6.07, 6.45) is 7.94. The number of hydrogen-bond donors (Lipinski definition) is 2. The quantitative estimate of drug-likeness (QED) is 0.220. The molecule has 0 aromatic carbocycles. The lowest BCUT2D eigenvalue weighted by molar-refractivity contribution is 0.0277. The molecule has 0 bridgehead atoms. The van der Waals surface area contributed by atoms with Crippen molar-refractivity contribution < 1.29 is 9.47 Å². The van der Waals surface area contributed by atoms with Crippen molar-refractivity contribution >= 4 is 29.9 Å². The molecule has 7 nitrogen and oxygen atoms in total. The number of aliphatic imine (C=N–C) groups is 1. The van der Waals surface area contributed by atoms with Crippen molar-refractivity contribution in [3.05, 3.63) is 17.0 Å². The van der Waals surface area contributed by atoms with Gasteiger partial charge in [-0.25, -0.2) is 0 Å². The van der Waals surface area contributed by atoms with E-state index in [1.807, 2.05) is 11.6 Å². The highest BCUT2D eigenvalue weighted by molar-refractivity contribution is 14.0. The van der Waals surface area contributed by atoms with E-state index < -0.39 is 0 Å². The minimum absolute atomic E-state index is 0. The van der Waals surface area contributed by atoms with Crippen molar-refractivity contribution in [2.45, 2.75) is 71.6 Å². The van der Waals surface area contributed by atoms with Crippen LogP contribution in [0.25, 0.3) is 0 Å². The first-order valence-electron chi connectivity index (χ1n) is 10.2. The van der Waals surface area contributed by atoms with Gasteiger partial charge in [0.05, 0.1) is 24.9 Å². The predicted octanol–water partition coefficient (Wildman–Crippen LogP) is 3.17. The molecule has 0 unspecified atom stereocenters. The van der Waals surface area contributed by atoms with Crippen LogP contribution in [0.3, 0.4) is 0 Å². The summed E-state index contributed by atoms with van der Waals surface area (Å²) < 4.78 is 13.1. The molecule has 0 spiro atoms. The number of nitrogens with one attached hydrogen (secondary N) is 2. The van der Waals surface area contributed by atoms with E-state index in [9.17, 15) is 0 Å². The van der Waals surface area contributed by atoms with Gasteiger partial charge in [0.25, 0.3) is 0 Å². The number of rotatable bonds is 10. The maximum Gasteiger partial charge on any atom is 0.191 e. The first-order chi connectivity index (χ1) is 13.2. The number of halogens is 1. The van der Waals surface area contributed by atoms with Crippen molar-refractivity contribution in [3.8, 4) is 0 Å². The van der Waals surface area contributed by atoms with E-state index in [4.69, 9.17) is 9.47 Å². The van der Waals surface area contributed by atoms with Gasteiger partial charge in [0.2, 0.25) is 0 Å². The molecule has 1 aliphatic rings. The SMILES string of the molecule is CN=C(NCCCOC1CCCCC1)NCc1c(C)nn(CCOC)c1C.I. The molecule has 0 amide bonds. The fourth-order valence-corrected chi connectivity index (χ4v) is 3.54. The van der Waals surface area contributed by atoms with Crippen LogP contribution >= 0.6 is 24.0 Å². The number of ether oxygens (including phenoxy) is 2. The summed E-state index contributed by atoms with van der Waals surface area (Å²) in [6.45, 7) is 7.98. The van der Waals surface area contributed by atoms with E-state index in [0.717, 1.165) is 37.8 Å². The molecule has 0 saturated heterocycles. The average molecular weight is 507 g/mol. The lowest BCUT2D eigenvalue weighted by atomic mass is 9.98. The van der Waals surface area contributed by atoms with Gasteiger partial charge >= 0.3 is 0 Å². The van der Waals surface area contributed by atoms with Gasteiger partial charge in [-0.3, -0.25) is 9.67 Å². The molecule has 8 heteroatoms. The maximum absolute atomic E-state index is 5.97. The molecule has 1 aliphatic carbocycles. The normalized spacial score (nSPS) is 15.4. The maximum atomic E-state index is 5.97. The third kappa shape index (κ3) is 8.24. The van der Waals surface area contributed by atoms with Crippen molar-refractivity contribution in [3.63, 3.8) is 0 Å². The van der Waals surface area contributed by atoms with Gasteiger partial charge < -0.3 is 20.1 Å². The zero-order valence-electron chi connectivity index (χ0n) is 17.9. The van der Waals surface area contributed by atoms with Crippen LogP contribution in [0.2, 0.25) is 0 Å². The van der Waals surface area contributed by atoms with E-state index in [1.165, 1.54) is 43.4 Å². The summed E-state index contributed by atoms with van der Waals surface area (Å²) in [5.74, 6) is 0.816. The molecule has 1 aromatic heterocycles. The lowest BCUT2D eigenvalue weighted by Gasteiger charge is -2.22. The zero-order valence-corrected chi connectivity index (χ0v) is 20.3. The highest BCUT2D eigenvalue weighted by Gasteiger charge is 2.13. The Morgan fingerprint density at radius 2 is 1.93 bits per heavy atom. The van der Waals surface area contributed by atoms with E-state index in [-0.39, 0.29) is 24.0 Å². The Bertz CT molecular complexity index is 585. The van der Waals surface area contributed by atoms with Crippen LogP contribution in [0, 0.1) is 13.8 Å². The van der Waals surface area contributed by atoms with Crippen molar-refractivity contribution in [1.82, 2.24) is 20.4 Å². The summed E-state index contributed by atoms with van der Waals surface area (Å²) >= 11 is 0. The molecule has 2 N–H and O–H groups in total. The van der Waals surface area contributed by atoms with Crippen LogP contribution in [0.4, 0.5) is 0 Å². The number of hydrogen-bond acceptors (Lipinski definition) is 4. The summed E-state index contributed by atoms with van der Waals surface area (Å²) in [5, 5.41) is 11.4. The van der Waals surface area contributed by atoms with Gasteiger partial charge in [-0.15, -0.1) is 24.0 Å². The molecule has 1 saturated carbocycles. The van der Waals surface area contributed by atoms with Gasteiger partial charge in [-0.05, 0) is 33.1 Å². The third-order valence-electron chi connectivity index (χ3n) is 5.21. The smallest absolute Gasteiger partial charge is 0.191 e. The second-order valence-electron chi connectivity index (χ2n) is 7.20. The second kappa shape index (κ2) is 14.2. The van der Waals surface area contributed by atoms with Crippen LogP contribution in [0.1, 0.15) is 55.5 Å². The van der Waals surface area contributed by atoms with Gasteiger partial charge in [0.15, 0.2) is 5.96 Å². The summed E-state index contributed by atoms with van der Waals surface area (Å²) in [4.78, 5) is 4.31. The molecule has 162 valence electrons. The van der Waals surface area contributed by atoms with Crippen LogP contribution in [-0.2, 0) is 22.6 Å². The predicted molar refractivity (Wildman–Crippen MR) is 125 cm³/mol. The van der Waals surface area contributed by atoms with E-state index >= 15 is 0 Å². The minimum Gasteiger partial charge on any atom is -0.383 e. The standard InChI is InChI=1S/C20H37N5O2.HI/c1-16-19(17(2)25(24-16)12-14-26-4)15-23-20(21-3)22-11-8-13-27-18-9-6-5-7-10-18;/h18H,5-15H2,1-4H3,(H2,21,22,23);1H. The first-order valence-corrected chi connectivity index (χ1v) is 10.2. The van der Waals surface area contributed by atoms with E-state index in [0.29, 0.717) is 19.3 Å². The Labute approximate surface area is 187 Å². The highest BCUT2D eigenvalue weighted by Crippen LogP contribution is 2.20. The number of methoxy groups -OCH3 is 1. The highest BCUT2D eigenvalue weighted by atomic mass is 127. The number of aromatic nitrogens is 2. The lowest BCUT2D eigenvalue weighted by Crippen LogP contribution is -2.37. The van der Waals surface area contributed by atoms with E-state index in [1.54, 1.807) is 14.2 Å². The number of guanidine groups is 1. The Kier molecular flexibility index (Phi) is 12.7. The Balaban J connectivity index is 0.00000392. The molecule has 0 radical (unpaired) electrons. The topological polar surface area (TPSA) is 72.7 Å². The minimum atomic E-state index is 0. The monoisotopic (exact) mass is 507 g/mol. The second-order valence-corrected chi connectivity index (χ2v) is 7.20. The summed E-state index contributed by atoms with van der Waals surface area (Å²) in [7, 11) is 3.51. The number of nitrogens with zero attached hydrogens (tertiary/aromatic N) is 3. The van der Waals surface area contributed by atoms with Crippen LogP contribution < -0.4 is 10.6 Å². The number of aryl methyl sites for hydroxylation is 1. The molecular formula is C20H38IN5O2. The Hall–Kier alpha value is -0.870. The molecule has 0 atom stereocenters. The van der Waals surface area contributed by atoms with Crippen molar-refractivity contribution in [2.75, 3.05) is 33.9 Å². The summed E-state index contributed by atoms with van der Waals surface area (Å²) in [6, 6.07) is 0. The van der Waals surface area contributed by atoms with Gasteiger partial charge in [0, 0.05) is 45.1 Å². The molecule has 28 heavy (non-hydrogen) atoms. The Morgan fingerprint density at radius 1 is 1.18 bits per heavy atom. The van der Waals surface area contributed by atoms with Gasteiger partial charge in [0.1, 0.15) is 0 Å². The molecule has 1 aromatic rings.